The minimum Gasteiger partial charge on any atom is -0.490 e. The van der Waals surface area contributed by atoms with Crippen molar-refractivity contribution in [3.05, 3.63) is 18.7 Å². The normalized spacial score (nSPS) is 12.5. The fourth-order valence-corrected chi connectivity index (χ4v) is 0.858. The van der Waals surface area contributed by atoms with Gasteiger partial charge in [0.25, 0.3) is 0 Å². The molecule has 0 aliphatic heterocycles. The highest BCUT2D eigenvalue weighted by atomic mass is 16.5. The van der Waals surface area contributed by atoms with Crippen molar-refractivity contribution in [3.8, 4) is 5.75 Å². The highest BCUT2D eigenvalue weighted by Crippen LogP contribution is 2.04. The molecule has 1 N–H and O–H groups in total. The van der Waals surface area contributed by atoms with Crippen LogP contribution < -0.4 is 10.1 Å². The highest BCUT2D eigenvalue weighted by molar-refractivity contribution is 5.09. The Bertz CT molecular complexity index is 228. The second-order valence-corrected chi connectivity index (χ2v) is 2.90. The molecule has 0 unspecified atom stereocenters. The van der Waals surface area contributed by atoms with Gasteiger partial charge in [-0.25, -0.2) is 9.97 Å². The van der Waals surface area contributed by atoms with Crippen molar-refractivity contribution in [1.82, 2.24) is 15.3 Å². The molecule has 0 aromatic carbocycles. The van der Waals surface area contributed by atoms with E-state index in [9.17, 15) is 0 Å². The van der Waals surface area contributed by atoms with Crippen molar-refractivity contribution in [2.75, 3.05) is 13.7 Å². The molecule has 0 bridgehead atoms. The third kappa shape index (κ3) is 3.85. The zero-order valence-electron chi connectivity index (χ0n) is 8.03. The van der Waals surface area contributed by atoms with Gasteiger partial charge in [-0.05, 0) is 20.4 Å². The minimum atomic E-state index is 0.477. The number of aromatic nitrogens is 2. The van der Waals surface area contributed by atoms with Crippen LogP contribution >= 0.6 is 0 Å². The van der Waals surface area contributed by atoms with Gasteiger partial charge in [0.1, 0.15) is 6.33 Å². The Morgan fingerprint density at radius 1 is 1.46 bits per heavy atom. The van der Waals surface area contributed by atoms with E-state index in [0.717, 1.165) is 12.2 Å². The molecule has 1 aromatic rings. The molecule has 0 fully saturated rings. The maximum atomic E-state index is 5.41. The Labute approximate surface area is 78.4 Å². The van der Waals surface area contributed by atoms with Crippen LogP contribution in [-0.2, 0) is 0 Å². The summed E-state index contributed by atoms with van der Waals surface area (Å²) >= 11 is 0. The van der Waals surface area contributed by atoms with Gasteiger partial charge in [-0.15, -0.1) is 0 Å². The Hall–Kier alpha value is -1.16. The average Bonchev–Trinajstić information content (AvgIpc) is 2.19. The molecule has 1 heterocycles. The van der Waals surface area contributed by atoms with Gasteiger partial charge >= 0.3 is 0 Å². The smallest absolute Gasteiger partial charge is 0.155 e. The summed E-state index contributed by atoms with van der Waals surface area (Å²) in [5.74, 6) is 0.728. The van der Waals surface area contributed by atoms with Crippen LogP contribution in [0.25, 0.3) is 0 Å². The lowest BCUT2D eigenvalue weighted by Gasteiger charge is -2.10. The average molecular weight is 181 g/mol. The fourth-order valence-electron chi connectivity index (χ4n) is 0.858. The van der Waals surface area contributed by atoms with Crippen molar-refractivity contribution in [3.63, 3.8) is 0 Å². The first-order chi connectivity index (χ1) is 6.33. The number of nitrogens with zero attached hydrogens (tertiary/aromatic N) is 2. The molecule has 0 aliphatic carbocycles. The summed E-state index contributed by atoms with van der Waals surface area (Å²) in [5.41, 5.74) is 0. The second kappa shape index (κ2) is 5.48. The first kappa shape index (κ1) is 9.92. The van der Waals surface area contributed by atoms with E-state index >= 15 is 0 Å². The summed E-state index contributed by atoms with van der Waals surface area (Å²) in [6.07, 6.45) is 5.79. The number of rotatable bonds is 5. The van der Waals surface area contributed by atoms with E-state index in [-0.39, 0.29) is 0 Å². The molecule has 1 atom stereocenters. The van der Waals surface area contributed by atoms with E-state index in [1.807, 2.05) is 7.05 Å². The van der Waals surface area contributed by atoms with Gasteiger partial charge in [-0.2, -0.15) is 0 Å². The molecule has 13 heavy (non-hydrogen) atoms. The van der Waals surface area contributed by atoms with E-state index in [1.165, 1.54) is 6.33 Å². The van der Waals surface area contributed by atoms with Gasteiger partial charge in [-0.3, -0.25) is 0 Å². The predicted molar refractivity (Wildman–Crippen MR) is 50.7 cm³/mol. The van der Waals surface area contributed by atoms with E-state index in [2.05, 4.69) is 22.2 Å². The van der Waals surface area contributed by atoms with E-state index in [4.69, 9.17) is 4.74 Å². The van der Waals surface area contributed by atoms with Crippen LogP contribution in [0, 0.1) is 0 Å². The summed E-state index contributed by atoms with van der Waals surface area (Å²) in [6, 6.07) is 0.477. The van der Waals surface area contributed by atoms with Crippen molar-refractivity contribution in [2.24, 2.45) is 0 Å². The van der Waals surface area contributed by atoms with Gasteiger partial charge in [0.15, 0.2) is 5.75 Å². The second-order valence-electron chi connectivity index (χ2n) is 2.90. The van der Waals surface area contributed by atoms with Gasteiger partial charge in [0, 0.05) is 6.04 Å². The van der Waals surface area contributed by atoms with Crippen molar-refractivity contribution < 1.29 is 4.74 Å². The van der Waals surface area contributed by atoms with Crippen LogP contribution in [0.3, 0.4) is 0 Å². The van der Waals surface area contributed by atoms with E-state index in [0.29, 0.717) is 12.6 Å². The summed E-state index contributed by atoms with van der Waals surface area (Å²) < 4.78 is 5.41. The molecule has 0 radical (unpaired) electrons. The minimum absolute atomic E-state index is 0.477. The fraction of sp³-hybridized carbons (Fsp3) is 0.556. The maximum Gasteiger partial charge on any atom is 0.155 e. The molecule has 4 nitrogen and oxygen atoms in total. The molecule has 0 saturated carbocycles. The molecule has 1 aromatic heterocycles. The number of hydrogen-bond donors (Lipinski definition) is 1. The molecule has 0 amide bonds. The monoisotopic (exact) mass is 181 g/mol. The lowest BCUT2D eigenvalue weighted by atomic mass is 10.2. The zero-order chi connectivity index (χ0) is 9.52. The van der Waals surface area contributed by atoms with Gasteiger partial charge in [0.05, 0.1) is 19.0 Å². The number of nitrogens with one attached hydrogen (secondary N) is 1. The molecule has 1 rings (SSSR count). The zero-order valence-corrected chi connectivity index (χ0v) is 8.03. The van der Waals surface area contributed by atoms with Crippen LogP contribution in [0.1, 0.15) is 13.3 Å². The van der Waals surface area contributed by atoms with Crippen molar-refractivity contribution >= 4 is 0 Å². The topological polar surface area (TPSA) is 47.0 Å². The highest BCUT2D eigenvalue weighted by Gasteiger charge is 1.98. The van der Waals surface area contributed by atoms with E-state index < -0.39 is 0 Å². The predicted octanol–water partition coefficient (Wildman–Crippen LogP) is 0.853. The maximum absolute atomic E-state index is 5.41. The summed E-state index contributed by atoms with van der Waals surface area (Å²) in [6.45, 7) is 2.81. The Balaban J connectivity index is 2.20. The third-order valence-electron chi connectivity index (χ3n) is 1.85. The van der Waals surface area contributed by atoms with Crippen molar-refractivity contribution in [1.29, 1.82) is 0 Å². The van der Waals surface area contributed by atoms with E-state index in [1.54, 1.807) is 12.4 Å². The molecule has 0 spiro atoms. The molecular formula is C9H15N3O. The Morgan fingerprint density at radius 2 is 2.15 bits per heavy atom. The summed E-state index contributed by atoms with van der Waals surface area (Å²) in [7, 11) is 1.94. The number of ether oxygens (including phenoxy) is 1. The number of hydrogen-bond acceptors (Lipinski definition) is 4. The van der Waals surface area contributed by atoms with Crippen LogP contribution in [0.15, 0.2) is 18.7 Å². The quantitative estimate of drug-likeness (QED) is 0.731. The standard InChI is InChI=1S/C9H15N3O/c1-8(10-2)3-4-13-9-5-11-7-12-6-9/h5-8,10H,3-4H2,1-2H3/t8-/m0/s1. The van der Waals surface area contributed by atoms with Crippen LogP contribution in [0.2, 0.25) is 0 Å². The first-order valence-electron chi connectivity index (χ1n) is 4.38. The third-order valence-corrected chi connectivity index (χ3v) is 1.85. The molecule has 4 heteroatoms. The SMILES string of the molecule is CN[C@@H](C)CCOc1cncnc1. The summed E-state index contributed by atoms with van der Waals surface area (Å²) in [4.78, 5) is 7.70. The Kier molecular flexibility index (Phi) is 4.18. The summed E-state index contributed by atoms with van der Waals surface area (Å²) in [5, 5.41) is 3.14. The molecule has 0 aliphatic rings. The Morgan fingerprint density at radius 3 is 2.77 bits per heavy atom. The largest absolute Gasteiger partial charge is 0.490 e. The van der Waals surface area contributed by atoms with Crippen LogP contribution in [-0.4, -0.2) is 29.7 Å². The molecule has 72 valence electrons. The lowest BCUT2D eigenvalue weighted by Crippen LogP contribution is -2.23. The van der Waals surface area contributed by atoms with Crippen molar-refractivity contribution in [2.45, 2.75) is 19.4 Å². The molecule has 0 saturated heterocycles. The lowest BCUT2D eigenvalue weighted by molar-refractivity contribution is 0.291. The van der Waals surface area contributed by atoms with Gasteiger partial charge in [0.2, 0.25) is 0 Å². The van der Waals surface area contributed by atoms with Gasteiger partial charge < -0.3 is 10.1 Å². The van der Waals surface area contributed by atoms with Crippen LogP contribution in [0.4, 0.5) is 0 Å². The first-order valence-corrected chi connectivity index (χ1v) is 4.38. The molecular weight excluding hydrogens is 166 g/mol. The van der Waals surface area contributed by atoms with Gasteiger partial charge in [-0.1, -0.05) is 0 Å². The van der Waals surface area contributed by atoms with Crippen LogP contribution in [0.5, 0.6) is 5.75 Å².